The normalized spacial score (nSPS) is 10.3. The van der Waals surface area contributed by atoms with Crippen LogP contribution in [0.15, 0.2) is 52.3 Å². The lowest BCUT2D eigenvalue weighted by Gasteiger charge is -2.04. The number of phenolic OH excluding ortho intramolecular Hbond substituents is 1. The Morgan fingerprint density at radius 3 is 2.39 bits per heavy atom. The Hall–Kier alpha value is -1.28. The maximum Gasteiger partial charge on any atom is 0.269 e. The van der Waals surface area contributed by atoms with Crippen LogP contribution < -0.4 is 0 Å². The highest BCUT2D eigenvalue weighted by atomic mass is 127. The Bertz CT molecular complexity index is 586. The Kier molecular flexibility index (Phi) is 4.07. The van der Waals surface area contributed by atoms with Gasteiger partial charge in [-0.3, -0.25) is 10.1 Å². The molecule has 92 valence electrons. The summed E-state index contributed by atoms with van der Waals surface area (Å²) in [6, 6.07) is 11.5. The molecule has 0 aliphatic carbocycles. The minimum absolute atomic E-state index is 0.0831. The first-order chi connectivity index (χ1) is 8.56. The molecule has 0 unspecified atom stereocenters. The number of benzene rings is 2. The molecule has 0 bridgehead atoms. The standard InChI is InChI=1S/C12H8INO3S/c13-11-7-9(15)3-6-12(11)18-10-4-1-8(2-5-10)14(16)17/h1-7,15H. The van der Waals surface area contributed by atoms with E-state index in [4.69, 9.17) is 0 Å². The van der Waals surface area contributed by atoms with Crippen molar-refractivity contribution in [2.24, 2.45) is 0 Å². The number of hydrogen-bond acceptors (Lipinski definition) is 4. The molecular formula is C12H8INO3S. The molecule has 0 amide bonds. The third-order valence-electron chi connectivity index (χ3n) is 2.19. The smallest absolute Gasteiger partial charge is 0.269 e. The van der Waals surface area contributed by atoms with Crippen LogP contribution in [0.3, 0.4) is 0 Å². The van der Waals surface area contributed by atoms with Gasteiger partial charge in [0.1, 0.15) is 5.75 Å². The van der Waals surface area contributed by atoms with Crippen LogP contribution in [0.5, 0.6) is 5.75 Å². The lowest BCUT2D eigenvalue weighted by molar-refractivity contribution is -0.384. The van der Waals surface area contributed by atoms with E-state index < -0.39 is 4.92 Å². The van der Waals surface area contributed by atoms with Crippen LogP contribution in [0.1, 0.15) is 0 Å². The Balaban J connectivity index is 2.21. The Morgan fingerprint density at radius 2 is 1.83 bits per heavy atom. The average molecular weight is 373 g/mol. The molecule has 0 fully saturated rings. The lowest BCUT2D eigenvalue weighted by atomic mass is 10.3. The summed E-state index contributed by atoms with van der Waals surface area (Å²) in [7, 11) is 0. The second-order valence-corrected chi connectivity index (χ2v) is 5.75. The molecule has 0 aliphatic heterocycles. The molecule has 0 heterocycles. The zero-order chi connectivity index (χ0) is 13.1. The predicted molar refractivity (Wildman–Crippen MR) is 78.0 cm³/mol. The molecule has 0 saturated heterocycles. The number of aromatic hydroxyl groups is 1. The van der Waals surface area contributed by atoms with E-state index in [1.807, 2.05) is 6.07 Å². The van der Waals surface area contributed by atoms with Gasteiger partial charge in [-0.1, -0.05) is 11.8 Å². The predicted octanol–water partition coefficient (Wildman–Crippen LogP) is 4.06. The van der Waals surface area contributed by atoms with E-state index in [9.17, 15) is 15.2 Å². The lowest BCUT2D eigenvalue weighted by Crippen LogP contribution is -1.86. The summed E-state index contributed by atoms with van der Waals surface area (Å²) in [4.78, 5) is 12.0. The quantitative estimate of drug-likeness (QED) is 0.501. The highest BCUT2D eigenvalue weighted by molar-refractivity contribution is 14.1. The van der Waals surface area contributed by atoms with Crippen molar-refractivity contribution >= 4 is 40.0 Å². The number of hydrogen-bond donors (Lipinski definition) is 1. The van der Waals surface area contributed by atoms with Crippen LogP contribution in [0.2, 0.25) is 0 Å². The van der Waals surface area contributed by atoms with Crippen LogP contribution >= 0.6 is 34.4 Å². The van der Waals surface area contributed by atoms with Gasteiger partial charge >= 0.3 is 0 Å². The van der Waals surface area contributed by atoms with Gasteiger partial charge in [0.15, 0.2) is 0 Å². The summed E-state index contributed by atoms with van der Waals surface area (Å²) in [5, 5.41) is 19.8. The van der Waals surface area contributed by atoms with Gasteiger partial charge in [-0.25, -0.2) is 0 Å². The first-order valence-electron chi connectivity index (χ1n) is 4.97. The summed E-state index contributed by atoms with van der Waals surface area (Å²) in [6.07, 6.45) is 0. The molecule has 0 saturated carbocycles. The maximum atomic E-state index is 10.5. The minimum Gasteiger partial charge on any atom is -0.508 e. The van der Waals surface area contributed by atoms with Crippen molar-refractivity contribution < 1.29 is 10.0 Å². The molecule has 0 atom stereocenters. The fourth-order valence-corrected chi connectivity index (χ4v) is 2.98. The summed E-state index contributed by atoms with van der Waals surface area (Å²) in [5.74, 6) is 0.229. The number of nitro groups is 1. The van der Waals surface area contributed by atoms with Gasteiger partial charge in [-0.05, 0) is 52.9 Å². The molecule has 2 rings (SSSR count). The number of rotatable bonds is 3. The van der Waals surface area contributed by atoms with Crippen LogP contribution in [0.4, 0.5) is 5.69 Å². The molecule has 0 radical (unpaired) electrons. The first-order valence-corrected chi connectivity index (χ1v) is 6.86. The molecule has 0 aliphatic rings. The van der Waals surface area contributed by atoms with E-state index >= 15 is 0 Å². The molecule has 18 heavy (non-hydrogen) atoms. The van der Waals surface area contributed by atoms with Crippen LogP contribution in [-0.4, -0.2) is 10.0 Å². The van der Waals surface area contributed by atoms with E-state index in [1.165, 1.54) is 23.9 Å². The fourth-order valence-electron chi connectivity index (χ4n) is 1.34. The summed E-state index contributed by atoms with van der Waals surface area (Å²) < 4.78 is 0.941. The highest BCUT2D eigenvalue weighted by Crippen LogP contribution is 2.33. The fraction of sp³-hybridized carbons (Fsp3) is 0. The summed E-state index contributed by atoms with van der Waals surface area (Å²) >= 11 is 3.64. The molecule has 0 spiro atoms. The van der Waals surface area contributed by atoms with Gasteiger partial charge in [-0.15, -0.1) is 0 Å². The zero-order valence-corrected chi connectivity index (χ0v) is 12.0. The number of non-ortho nitro benzene ring substituents is 1. The van der Waals surface area contributed by atoms with Crippen molar-refractivity contribution in [1.82, 2.24) is 0 Å². The number of nitrogens with zero attached hydrogens (tertiary/aromatic N) is 1. The van der Waals surface area contributed by atoms with Gasteiger partial charge in [0, 0.05) is 25.5 Å². The highest BCUT2D eigenvalue weighted by Gasteiger charge is 2.07. The van der Waals surface area contributed by atoms with Crippen LogP contribution in [0, 0.1) is 13.7 Å². The Labute approximate surface area is 121 Å². The second kappa shape index (κ2) is 5.57. The van der Waals surface area contributed by atoms with Crippen LogP contribution in [-0.2, 0) is 0 Å². The number of nitro benzene ring substituents is 1. The van der Waals surface area contributed by atoms with Crippen molar-refractivity contribution in [3.63, 3.8) is 0 Å². The van der Waals surface area contributed by atoms with E-state index in [0.29, 0.717) is 0 Å². The third-order valence-corrected chi connectivity index (χ3v) is 4.53. The Morgan fingerprint density at radius 1 is 1.17 bits per heavy atom. The van der Waals surface area contributed by atoms with E-state index in [2.05, 4.69) is 22.6 Å². The van der Waals surface area contributed by atoms with Gasteiger partial charge in [0.05, 0.1) is 4.92 Å². The topological polar surface area (TPSA) is 63.4 Å². The van der Waals surface area contributed by atoms with Crippen molar-refractivity contribution in [3.8, 4) is 5.75 Å². The molecule has 2 aromatic carbocycles. The average Bonchev–Trinajstić information content (AvgIpc) is 2.33. The largest absolute Gasteiger partial charge is 0.508 e. The SMILES string of the molecule is O=[N+]([O-])c1ccc(Sc2ccc(O)cc2I)cc1. The zero-order valence-electron chi connectivity index (χ0n) is 9.04. The summed E-state index contributed by atoms with van der Waals surface area (Å²) in [6.45, 7) is 0. The van der Waals surface area contributed by atoms with Gasteiger partial charge in [0.2, 0.25) is 0 Å². The maximum absolute atomic E-state index is 10.5. The molecule has 1 N–H and O–H groups in total. The third kappa shape index (κ3) is 3.14. The molecule has 0 aromatic heterocycles. The van der Waals surface area contributed by atoms with E-state index in [1.54, 1.807) is 24.3 Å². The van der Waals surface area contributed by atoms with Gasteiger partial charge in [-0.2, -0.15) is 0 Å². The monoisotopic (exact) mass is 373 g/mol. The number of halogens is 1. The van der Waals surface area contributed by atoms with Gasteiger partial charge in [0.25, 0.3) is 5.69 Å². The summed E-state index contributed by atoms with van der Waals surface area (Å²) in [5.41, 5.74) is 0.0831. The van der Waals surface area contributed by atoms with Gasteiger partial charge < -0.3 is 5.11 Å². The van der Waals surface area contributed by atoms with Crippen molar-refractivity contribution in [3.05, 3.63) is 56.1 Å². The second-order valence-electron chi connectivity index (χ2n) is 3.47. The van der Waals surface area contributed by atoms with Crippen molar-refractivity contribution in [2.45, 2.75) is 9.79 Å². The van der Waals surface area contributed by atoms with E-state index in [-0.39, 0.29) is 11.4 Å². The van der Waals surface area contributed by atoms with E-state index in [0.717, 1.165) is 13.4 Å². The van der Waals surface area contributed by atoms with Crippen molar-refractivity contribution in [1.29, 1.82) is 0 Å². The van der Waals surface area contributed by atoms with Crippen LogP contribution in [0.25, 0.3) is 0 Å². The number of phenols is 1. The minimum atomic E-state index is -0.418. The molecule has 2 aromatic rings. The first kappa shape index (κ1) is 13.2. The van der Waals surface area contributed by atoms with Crippen molar-refractivity contribution in [2.75, 3.05) is 0 Å². The molecule has 4 nitrogen and oxygen atoms in total. The molecular weight excluding hydrogens is 365 g/mol. The molecule has 6 heteroatoms.